The summed E-state index contributed by atoms with van der Waals surface area (Å²) < 4.78 is 5.67. The molecule has 1 atom stereocenters. The van der Waals surface area contributed by atoms with E-state index in [1.54, 1.807) is 0 Å². The average Bonchev–Trinajstić information content (AvgIpc) is 3.07. The van der Waals surface area contributed by atoms with Crippen LogP contribution in [0.3, 0.4) is 0 Å². The molecule has 23 heavy (non-hydrogen) atoms. The third-order valence-corrected chi connectivity index (χ3v) is 5.16. The van der Waals surface area contributed by atoms with Gasteiger partial charge < -0.3 is 15.0 Å². The lowest BCUT2D eigenvalue weighted by molar-refractivity contribution is -0.132. The molecular formula is C17H24ClN3O2. The molecule has 1 N–H and O–H groups in total. The normalized spacial score (nSPS) is 22.3. The second kappa shape index (κ2) is 7.51. The van der Waals surface area contributed by atoms with E-state index in [0.29, 0.717) is 16.8 Å². The number of halogens is 1. The molecule has 3 rings (SSSR count). The van der Waals surface area contributed by atoms with Crippen LogP contribution in [0.1, 0.15) is 12.0 Å². The van der Waals surface area contributed by atoms with Crippen molar-refractivity contribution in [3.63, 3.8) is 0 Å². The predicted molar refractivity (Wildman–Crippen MR) is 91.1 cm³/mol. The first-order valence-electron chi connectivity index (χ1n) is 8.25. The van der Waals surface area contributed by atoms with Crippen LogP contribution in [-0.4, -0.2) is 67.6 Å². The minimum atomic E-state index is 0.0574. The zero-order chi connectivity index (χ0) is 16.2. The van der Waals surface area contributed by atoms with Gasteiger partial charge in [0.25, 0.3) is 5.91 Å². The van der Waals surface area contributed by atoms with E-state index in [1.165, 1.54) is 0 Å². The summed E-state index contributed by atoms with van der Waals surface area (Å²) in [5.41, 5.74) is 0.877. The number of carbonyl (C=O) groups is 1. The van der Waals surface area contributed by atoms with E-state index in [2.05, 4.69) is 10.2 Å². The average molecular weight is 338 g/mol. The van der Waals surface area contributed by atoms with Crippen molar-refractivity contribution >= 4 is 17.5 Å². The van der Waals surface area contributed by atoms with Crippen LogP contribution in [0.2, 0.25) is 5.02 Å². The van der Waals surface area contributed by atoms with Gasteiger partial charge >= 0.3 is 0 Å². The van der Waals surface area contributed by atoms with Crippen molar-refractivity contribution in [2.24, 2.45) is 0 Å². The minimum absolute atomic E-state index is 0.0574. The van der Waals surface area contributed by atoms with Crippen molar-refractivity contribution in [2.75, 3.05) is 45.9 Å². The van der Waals surface area contributed by atoms with Gasteiger partial charge in [0.15, 0.2) is 6.61 Å². The molecule has 126 valence electrons. The Morgan fingerprint density at radius 2 is 2.13 bits per heavy atom. The molecule has 1 aromatic rings. The molecule has 2 aliphatic rings. The number of carbonyl (C=O) groups excluding carboxylic acids is 1. The monoisotopic (exact) mass is 337 g/mol. The molecule has 0 saturated carbocycles. The Bertz CT molecular complexity index is 561. The maximum absolute atomic E-state index is 12.4. The van der Waals surface area contributed by atoms with E-state index < -0.39 is 0 Å². The molecule has 2 heterocycles. The van der Waals surface area contributed by atoms with Crippen LogP contribution in [0.4, 0.5) is 0 Å². The summed E-state index contributed by atoms with van der Waals surface area (Å²) in [5.74, 6) is 0.741. The number of hydrogen-bond donors (Lipinski definition) is 1. The zero-order valence-electron chi connectivity index (χ0n) is 13.6. The van der Waals surface area contributed by atoms with E-state index in [-0.39, 0.29) is 12.5 Å². The van der Waals surface area contributed by atoms with Crippen molar-refractivity contribution < 1.29 is 9.53 Å². The standard InChI is InChI=1S/C17H24ClN3O2/c1-13-15(18)3-2-4-16(13)23-12-17(22)21-8-5-14(11-21)20-9-6-19-7-10-20/h2-4,14,19H,5-12H2,1H3. The van der Waals surface area contributed by atoms with Gasteiger partial charge in [0.1, 0.15) is 5.75 Å². The molecule has 2 aliphatic heterocycles. The molecule has 0 aromatic heterocycles. The summed E-state index contributed by atoms with van der Waals surface area (Å²) in [6.07, 6.45) is 1.06. The largest absolute Gasteiger partial charge is 0.483 e. The second-order valence-electron chi connectivity index (χ2n) is 6.22. The maximum atomic E-state index is 12.4. The molecule has 6 heteroatoms. The number of ether oxygens (including phenoxy) is 1. The molecule has 1 amide bonds. The highest BCUT2D eigenvalue weighted by molar-refractivity contribution is 6.31. The van der Waals surface area contributed by atoms with E-state index in [0.717, 1.165) is 51.3 Å². The first-order chi connectivity index (χ1) is 11.1. The van der Waals surface area contributed by atoms with Crippen molar-refractivity contribution in [2.45, 2.75) is 19.4 Å². The van der Waals surface area contributed by atoms with Crippen LogP contribution in [0, 0.1) is 6.92 Å². The maximum Gasteiger partial charge on any atom is 0.260 e. The smallest absolute Gasteiger partial charge is 0.260 e. The van der Waals surface area contributed by atoms with E-state index in [1.807, 2.05) is 30.0 Å². The van der Waals surface area contributed by atoms with Gasteiger partial charge in [-0.05, 0) is 25.5 Å². The van der Waals surface area contributed by atoms with Crippen LogP contribution in [0.25, 0.3) is 0 Å². The minimum Gasteiger partial charge on any atom is -0.483 e. The van der Waals surface area contributed by atoms with Gasteiger partial charge in [0.2, 0.25) is 0 Å². The summed E-state index contributed by atoms with van der Waals surface area (Å²) in [6, 6.07) is 6.01. The Kier molecular flexibility index (Phi) is 5.41. The number of likely N-dealkylation sites (tertiary alicyclic amines) is 1. The van der Waals surface area contributed by atoms with E-state index in [4.69, 9.17) is 16.3 Å². The molecule has 5 nitrogen and oxygen atoms in total. The lowest BCUT2D eigenvalue weighted by Gasteiger charge is -2.32. The van der Waals surface area contributed by atoms with E-state index in [9.17, 15) is 4.79 Å². The lowest BCUT2D eigenvalue weighted by atomic mass is 10.2. The third-order valence-electron chi connectivity index (χ3n) is 4.75. The highest BCUT2D eigenvalue weighted by Crippen LogP contribution is 2.25. The number of amides is 1. The number of benzene rings is 1. The number of hydrogen-bond acceptors (Lipinski definition) is 4. The van der Waals surface area contributed by atoms with Crippen LogP contribution < -0.4 is 10.1 Å². The molecular weight excluding hydrogens is 314 g/mol. The van der Waals surface area contributed by atoms with E-state index >= 15 is 0 Å². The van der Waals surface area contributed by atoms with Crippen molar-refractivity contribution in [1.29, 1.82) is 0 Å². The Hall–Kier alpha value is -1.30. The number of piperazine rings is 1. The topological polar surface area (TPSA) is 44.8 Å². The van der Waals surface area contributed by atoms with Crippen LogP contribution in [0.15, 0.2) is 18.2 Å². The molecule has 0 radical (unpaired) electrons. The van der Waals surface area contributed by atoms with Crippen molar-refractivity contribution in [3.8, 4) is 5.75 Å². The summed E-state index contributed by atoms with van der Waals surface area (Å²) >= 11 is 6.08. The third kappa shape index (κ3) is 3.97. The fourth-order valence-electron chi connectivity index (χ4n) is 3.29. The van der Waals surface area contributed by atoms with Gasteiger partial charge in [-0.1, -0.05) is 17.7 Å². The van der Waals surface area contributed by atoms with Gasteiger partial charge in [-0.3, -0.25) is 9.69 Å². The van der Waals surface area contributed by atoms with Crippen molar-refractivity contribution in [1.82, 2.24) is 15.1 Å². The van der Waals surface area contributed by atoms with Gasteiger partial charge in [0.05, 0.1) is 0 Å². The Morgan fingerprint density at radius 1 is 1.35 bits per heavy atom. The lowest BCUT2D eigenvalue weighted by Crippen LogP contribution is -2.49. The number of nitrogens with zero attached hydrogens (tertiary/aromatic N) is 2. The summed E-state index contributed by atoms with van der Waals surface area (Å²) in [5, 5.41) is 4.03. The highest BCUT2D eigenvalue weighted by Gasteiger charge is 2.30. The molecule has 2 saturated heterocycles. The zero-order valence-corrected chi connectivity index (χ0v) is 14.3. The van der Waals surface area contributed by atoms with Crippen LogP contribution in [0.5, 0.6) is 5.75 Å². The molecule has 2 fully saturated rings. The van der Waals surface area contributed by atoms with Gasteiger partial charge in [-0.25, -0.2) is 0 Å². The fraction of sp³-hybridized carbons (Fsp3) is 0.588. The summed E-state index contributed by atoms with van der Waals surface area (Å²) in [6.45, 7) is 7.86. The molecule has 0 bridgehead atoms. The van der Waals surface area contributed by atoms with Crippen molar-refractivity contribution in [3.05, 3.63) is 28.8 Å². The Balaban J connectivity index is 1.50. The Morgan fingerprint density at radius 3 is 2.91 bits per heavy atom. The van der Waals surface area contributed by atoms with Crippen LogP contribution >= 0.6 is 11.6 Å². The first-order valence-corrected chi connectivity index (χ1v) is 8.63. The summed E-state index contributed by atoms with van der Waals surface area (Å²) in [7, 11) is 0. The molecule has 0 aliphatic carbocycles. The summed E-state index contributed by atoms with van der Waals surface area (Å²) in [4.78, 5) is 16.8. The quantitative estimate of drug-likeness (QED) is 0.905. The first kappa shape index (κ1) is 16.6. The number of rotatable bonds is 4. The predicted octanol–water partition coefficient (Wildman–Crippen LogP) is 1.53. The fourth-order valence-corrected chi connectivity index (χ4v) is 3.45. The van der Waals surface area contributed by atoms with Gasteiger partial charge in [-0.2, -0.15) is 0 Å². The molecule has 0 spiro atoms. The SMILES string of the molecule is Cc1c(Cl)cccc1OCC(=O)N1CCC(N2CCNCC2)C1. The van der Waals surface area contributed by atoms with Gasteiger partial charge in [0, 0.05) is 55.9 Å². The number of nitrogens with one attached hydrogen (secondary N) is 1. The Labute approximate surface area is 142 Å². The van der Waals surface area contributed by atoms with Crippen LogP contribution in [-0.2, 0) is 4.79 Å². The molecule has 1 aromatic carbocycles. The highest BCUT2D eigenvalue weighted by atomic mass is 35.5. The molecule has 1 unspecified atom stereocenters. The van der Waals surface area contributed by atoms with Gasteiger partial charge in [-0.15, -0.1) is 0 Å². The second-order valence-corrected chi connectivity index (χ2v) is 6.63.